The first-order chi connectivity index (χ1) is 13.1. The number of hydrogen-bond acceptors (Lipinski definition) is 5. The first kappa shape index (κ1) is 22.1. The van der Waals surface area contributed by atoms with Crippen molar-refractivity contribution in [3.8, 4) is 11.1 Å². The molecule has 0 saturated carbocycles. The molecule has 28 heavy (non-hydrogen) atoms. The first-order valence-electron chi connectivity index (χ1n) is 9.05. The van der Waals surface area contributed by atoms with Gasteiger partial charge in [-0.2, -0.15) is 0 Å². The van der Waals surface area contributed by atoms with Gasteiger partial charge >= 0.3 is 0 Å². The lowest BCUT2D eigenvalue weighted by molar-refractivity contribution is -0.121. The summed E-state index contributed by atoms with van der Waals surface area (Å²) < 4.78 is 1.53. The van der Waals surface area contributed by atoms with Crippen LogP contribution in [0.2, 0.25) is 0 Å². The van der Waals surface area contributed by atoms with Gasteiger partial charge in [-0.3, -0.25) is 14.2 Å². The Kier molecular flexibility index (Phi) is 8.17. The predicted molar refractivity (Wildman–Crippen MR) is 117 cm³/mol. The molecule has 6 nitrogen and oxygen atoms in total. The van der Waals surface area contributed by atoms with Crippen molar-refractivity contribution >= 4 is 39.9 Å². The van der Waals surface area contributed by atoms with Crippen molar-refractivity contribution in [1.82, 2.24) is 20.2 Å². The van der Waals surface area contributed by atoms with E-state index in [1.165, 1.54) is 27.8 Å². The lowest BCUT2D eigenvalue weighted by Crippen LogP contribution is -2.29. The summed E-state index contributed by atoms with van der Waals surface area (Å²) in [6, 6.07) is 8.11. The fraction of sp³-hybridized carbons (Fsp3) is 0.350. The Bertz CT molecular complexity index is 982. The first-order valence-corrected chi connectivity index (χ1v) is 9.93. The average Bonchev–Trinajstić information content (AvgIpc) is 3.10. The lowest BCUT2D eigenvalue weighted by Gasteiger charge is -2.07. The van der Waals surface area contributed by atoms with E-state index in [2.05, 4.69) is 15.6 Å². The molecule has 0 aliphatic heterocycles. The van der Waals surface area contributed by atoms with E-state index >= 15 is 0 Å². The van der Waals surface area contributed by atoms with Gasteiger partial charge in [0.1, 0.15) is 4.83 Å². The zero-order valence-electron chi connectivity index (χ0n) is 16.0. The van der Waals surface area contributed by atoms with E-state index in [4.69, 9.17) is 0 Å². The van der Waals surface area contributed by atoms with E-state index < -0.39 is 0 Å². The van der Waals surface area contributed by atoms with Crippen LogP contribution < -0.4 is 16.2 Å². The van der Waals surface area contributed by atoms with Crippen molar-refractivity contribution in [2.45, 2.75) is 26.3 Å². The van der Waals surface area contributed by atoms with Crippen LogP contribution >= 0.6 is 23.7 Å². The van der Waals surface area contributed by atoms with Crippen LogP contribution in [0.4, 0.5) is 0 Å². The topological polar surface area (TPSA) is 76.0 Å². The summed E-state index contributed by atoms with van der Waals surface area (Å²) in [5.74, 6) is -0.0535. The molecule has 0 spiro atoms. The molecule has 8 heteroatoms. The number of aromatic nitrogens is 2. The third-order valence-electron chi connectivity index (χ3n) is 4.43. The SMILES string of the molecule is CNCCCNC(=O)CCn1cnc2scc(-c3ccc(C)cc3)c2c1=O.Cl. The van der Waals surface area contributed by atoms with E-state index in [1.54, 1.807) is 0 Å². The molecule has 0 atom stereocenters. The molecule has 0 unspecified atom stereocenters. The van der Waals surface area contributed by atoms with E-state index in [-0.39, 0.29) is 30.3 Å². The van der Waals surface area contributed by atoms with Crippen molar-refractivity contribution < 1.29 is 4.79 Å². The molecule has 1 amide bonds. The molecular formula is C20H25ClN4O2S. The number of nitrogens with zero attached hydrogens (tertiary/aromatic N) is 2. The quantitative estimate of drug-likeness (QED) is 0.549. The highest BCUT2D eigenvalue weighted by Crippen LogP contribution is 2.30. The van der Waals surface area contributed by atoms with Crippen LogP contribution in [0.3, 0.4) is 0 Å². The summed E-state index contributed by atoms with van der Waals surface area (Å²) in [6.07, 6.45) is 2.68. The third-order valence-corrected chi connectivity index (χ3v) is 5.32. The van der Waals surface area contributed by atoms with Crippen molar-refractivity contribution in [3.05, 3.63) is 51.9 Å². The summed E-state index contributed by atoms with van der Waals surface area (Å²) in [5.41, 5.74) is 2.98. The minimum absolute atomic E-state index is 0. The smallest absolute Gasteiger partial charge is 0.262 e. The molecule has 0 aliphatic rings. The number of benzene rings is 1. The maximum absolute atomic E-state index is 13.0. The van der Waals surface area contributed by atoms with Crippen LogP contribution in [0.5, 0.6) is 0 Å². The van der Waals surface area contributed by atoms with Crippen molar-refractivity contribution in [1.29, 1.82) is 0 Å². The van der Waals surface area contributed by atoms with Gasteiger partial charge in [0.25, 0.3) is 5.56 Å². The number of amides is 1. The Labute approximate surface area is 174 Å². The highest BCUT2D eigenvalue weighted by molar-refractivity contribution is 7.17. The van der Waals surface area contributed by atoms with E-state index in [0.29, 0.717) is 18.5 Å². The highest BCUT2D eigenvalue weighted by Gasteiger charge is 2.13. The predicted octanol–water partition coefficient (Wildman–Crippen LogP) is 2.97. The minimum Gasteiger partial charge on any atom is -0.356 e. The number of rotatable bonds is 8. The van der Waals surface area contributed by atoms with Crippen LogP contribution in [-0.4, -0.2) is 35.6 Å². The molecule has 3 aromatic rings. The van der Waals surface area contributed by atoms with Gasteiger partial charge in [0, 0.05) is 30.5 Å². The zero-order chi connectivity index (χ0) is 19.2. The monoisotopic (exact) mass is 420 g/mol. The average molecular weight is 421 g/mol. The Morgan fingerprint density at radius 3 is 2.68 bits per heavy atom. The summed E-state index contributed by atoms with van der Waals surface area (Å²) >= 11 is 1.47. The van der Waals surface area contributed by atoms with Gasteiger partial charge in [0.15, 0.2) is 0 Å². The fourth-order valence-electron chi connectivity index (χ4n) is 2.88. The second-order valence-corrected chi connectivity index (χ2v) is 7.35. The molecule has 0 aliphatic carbocycles. The Balaban J connectivity index is 0.00000280. The molecule has 0 saturated heterocycles. The molecule has 1 aromatic carbocycles. The number of hydrogen-bond donors (Lipinski definition) is 2. The number of carbonyl (C=O) groups excluding carboxylic acids is 1. The molecule has 2 N–H and O–H groups in total. The van der Waals surface area contributed by atoms with Crippen LogP contribution in [0.15, 0.2) is 40.8 Å². The van der Waals surface area contributed by atoms with Gasteiger partial charge in [-0.05, 0) is 32.5 Å². The van der Waals surface area contributed by atoms with E-state index in [9.17, 15) is 9.59 Å². The standard InChI is InChI=1S/C20H24N4O2S.ClH/c1-14-4-6-15(7-5-14)16-12-27-19-18(16)20(26)24(13-23-19)11-8-17(25)22-10-3-9-21-2;/h4-7,12-13,21H,3,8-11H2,1-2H3,(H,22,25);1H. The molecule has 2 aromatic heterocycles. The molecule has 150 valence electrons. The second-order valence-electron chi connectivity index (χ2n) is 6.50. The minimum atomic E-state index is -0.0974. The van der Waals surface area contributed by atoms with Gasteiger partial charge in [0.2, 0.25) is 5.91 Å². The summed E-state index contributed by atoms with van der Waals surface area (Å²) in [5, 5.41) is 8.51. The number of halogens is 1. The third kappa shape index (κ3) is 5.19. The fourth-order valence-corrected chi connectivity index (χ4v) is 3.78. The molecule has 0 radical (unpaired) electrons. The molecule has 3 rings (SSSR count). The van der Waals surface area contributed by atoms with Gasteiger partial charge in [-0.25, -0.2) is 4.98 Å². The molecule has 2 heterocycles. The van der Waals surface area contributed by atoms with Gasteiger partial charge in [0.05, 0.1) is 11.7 Å². The summed E-state index contributed by atoms with van der Waals surface area (Å²) in [7, 11) is 1.88. The van der Waals surface area contributed by atoms with Crippen molar-refractivity contribution in [3.63, 3.8) is 0 Å². The number of nitrogens with one attached hydrogen (secondary N) is 2. The Morgan fingerprint density at radius 2 is 1.96 bits per heavy atom. The molecule has 0 fully saturated rings. The summed E-state index contributed by atoms with van der Waals surface area (Å²) in [6.45, 7) is 3.85. The van der Waals surface area contributed by atoms with Crippen LogP contribution in [0.1, 0.15) is 18.4 Å². The Morgan fingerprint density at radius 1 is 1.21 bits per heavy atom. The van der Waals surface area contributed by atoms with Crippen molar-refractivity contribution in [2.24, 2.45) is 0 Å². The van der Waals surface area contributed by atoms with Gasteiger partial charge in [-0.15, -0.1) is 23.7 Å². The second kappa shape index (κ2) is 10.4. The molecular weight excluding hydrogens is 396 g/mol. The zero-order valence-corrected chi connectivity index (χ0v) is 17.7. The normalized spacial score (nSPS) is 10.6. The van der Waals surface area contributed by atoms with Gasteiger partial charge in [-0.1, -0.05) is 29.8 Å². The van der Waals surface area contributed by atoms with E-state index in [1.807, 2.05) is 43.6 Å². The number of carbonyl (C=O) groups is 1. The molecule has 0 bridgehead atoms. The number of fused-ring (bicyclic) bond motifs is 1. The maximum atomic E-state index is 13.0. The van der Waals surface area contributed by atoms with Gasteiger partial charge < -0.3 is 10.6 Å². The largest absolute Gasteiger partial charge is 0.356 e. The van der Waals surface area contributed by atoms with Crippen LogP contribution in [0.25, 0.3) is 21.3 Å². The number of thiophene rings is 1. The Hall–Kier alpha value is -2.22. The van der Waals surface area contributed by atoms with Crippen LogP contribution in [-0.2, 0) is 11.3 Å². The lowest BCUT2D eigenvalue weighted by atomic mass is 10.1. The van der Waals surface area contributed by atoms with Crippen molar-refractivity contribution in [2.75, 3.05) is 20.1 Å². The number of aryl methyl sites for hydroxylation is 2. The summed E-state index contributed by atoms with van der Waals surface area (Å²) in [4.78, 5) is 30.0. The maximum Gasteiger partial charge on any atom is 0.262 e. The van der Waals surface area contributed by atoms with E-state index in [0.717, 1.165) is 28.9 Å². The van der Waals surface area contributed by atoms with Crippen LogP contribution in [0, 0.1) is 6.92 Å². The highest BCUT2D eigenvalue weighted by atomic mass is 35.5.